The van der Waals surface area contributed by atoms with E-state index in [0.29, 0.717) is 12.5 Å². The largest absolute Gasteiger partial charge is 0.338 e. The van der Waals surface area contributed by atoms with Crippen LogP contribution in [0.15, 0.2) is 36.8 Å². The lowest BCUT2D eigenvalue weighted by Crippen LogP contribution is -2.19. The molecule has 82 valence electrons. The van der Waals surface area contributed by atoms with Crippen molar-refractivity contribution >= 4 is 28.5 Å². The van der Waals surface area contributed by atoms with Crippen molar-refractivity contribution in [3.63, 3.8) is 0 Å². The van der Waals surface area contributed by atoms with Crippen molar-refractivity contribution in [2.45, 2.75) is 6.54 Å². The predicted octanol–water partition coefficient (Wildman–Crippen LogP) is 2.11. The van der Waals surface area contributed by atoms with Crippen LogP contribution in [0.1, 0.15) is 5.69 Å². The minimum atomic E-state index is 0.710. The molecule has 0 amide bonds. The first kappa shape index (κ1) is 11.3. The van der Waals surface area contributed by atoms with Gasteiger partial charge in [-0.15, -0.1) is 0 Å². The van der Waals surface area contributed by atoms with Gasteiger partial charge in [-0.1, -0.05) is 6.07 Å². The average molecular weight is 326 g/mol. The van der Waals surface area contributed by atoms with Crippen LogP contribution in [0.2, 0.25) is 0 Å². The van der Waals surface area contributed by atoms with Crippen molar-refractivity contribution in [2.24, 2.45) is 0 Å². The van der Waals surface area contributed by atoms with E-state index in [2.05, 4.69) is 37.5 Å². The summed E-state index contributed by atoms with van der Waals surface area (Å²) < 4.78 is 1.03. The average Bonchev–Trinajstić information content (AvgIpc) is 2.31. The van der Waals surface area contributed by atoms with E-state index in [1.807, 2.05) is 30.1 Å². The molecular weight excluding hydrogens is 315 g/mol. The smallest absolute Gasteiger partial charge is 0.225 e. The summed E-state index contributed by atoms with van der Waals surface area (Å²) in [6, 6.07) is 5.87. The van der Waals surface area contributed by atoms with E-state index in [1.165, 1.54) is 0 Å². The van der Waals surface area contributed by atoms with Crippen LogP contribution < -0.4 is 4.90 Å². The fraction of sp³-hybridized carbons (Fsp3) is 0.182. The van der Waals surface area contributed by atoms with Crippen LogP contribution in [0.3, 0.4) is 0 Å². The Kier molecular flexibility index (Phi) is 3.66. The number of hydrogen-bond donors (Lipinski definition) is 0. The van der Waals surface area contributed by atoms with Gasteiger partial charge in [-0.3, -0.25) is 4.98 Å². The van der Waals surface area contributed by atoms with Crippen LogP contribution in [0.4, 0.5) is 5.95 Å². The standard InChI is InChI=1S/C11H11IN4/c1-16(8-10-4-2-3-5-13-10)11-14-6-9(12)7-15-11/h2-7H,8H2,1H3. The molecule has 0 aliphatic rings. The molecule has 0 spiro atoms. The Morgan fingerprint density at radius 2 is 1.94 bits per heavy atom. The Morgan fingerprint density at radius 3 is 2.56 bits per heavy atom. The van der Waals surface area contributed by atoms with Crippen LogP contribution in [0.25, 0.3) is 0 Å². The number of rotatable bonds is 3. The monoisotopic (exact) mass is 326 g/mol. The zero-order valence-electron chi connectivity index (χ0n) is 8.84. The third-order valence-corrected chi connectivity index (χ3v) is 2.63. The van der Waals surface area contributed by atoms with Crippen LogP contribution in [0, 0.1) is 3.57 Å². The van der Waals surface area contributed by atoms with Gasteiger partial charge in [0.25, 0.3) is 0 Å². The Balaban J connectivity index is 2.09. The summed E-state index contributed by atoms with van der Waals surface area (Å²) in [6.45, 7) is 0.710. The predicted molar refractivity (Wildman–Crippen MR) is 71.1 cm³/mol. The topological polar surface area (TPSA) is 41.9 Å². The SMILES string of the molecule is CN(Cc1ccccn1)c1ncc(I)cn1. The number of halogens is 1. The molecule has 5 heteroatoms. The van der Waals surface area contributed by atoms with Gasteiger partial charge in [0.2, 0.25) is 5.95 Å². The van der Waals surface area contributed by atoms with Crippen molar-refractivity contribution < 1.29 is 0 Å². The quantitative estimate of drug-likeness (QED) is 0.811. The minimum Gasteiger partial charge on any atom is -0.338 e. The van der Waals surface area contributed by atoms with Gasteiger partial charge in [-0.2, -0.15) is 0 Å². The van der Waals surface area contributed by atoms with E-state index < -0.39 is 0 Å². The van der Waals surface area contributed by atoms with Crippen LogP contribution in [-0.2, 0) is 6.54 Å². The second-order valence-electron chi connectivity index (χ2n) is 3.38. The zero-order valence-corrected chi connectivity index (χ0v) is 11.0. The van der Waals surface area contributed by atoms with Crippen molar-refractivity contribution in [3.05, 3.63) is 46.1 Å². The van der Waals surface area contributed by atoms with Crippen molar-refractivity contribution in [3.8, 4) is 0 Å². The van der Waals surface area contributed by atoms with Gasteiger partial charge in [0.1, 0.15) is 0 Å². The van der Waals surface area contributed by atoms with E-state index in [9.17, 15) is 0 Å². The minimum absolute atomic E-state index is 0.710. The Morgan fingerprint density at radius 1 is 1.19 bits per heavy atom. The van der Waals surface area contributed by atoms with Crippen LogP contribution in [0.5, 0.6) is 0 Å². The van der Waals surface area contributed by atoms with E-state index in [4.69, 9.17) is 0 Å². The summed E-state index contributed by atoms with van der Waals surface area (Å²) in [5, 5.41) is 0. The number of anilines is 1. The molecule has 16 heavy (non-hydrogen) atoms. The maximum absolute atomic E-state index is 4.26. The molecule has 0 saturated heterocycles. The molecule has 0 unspecified atom stereocenters. The Labute approximate surface area is 108 Å². The summed E-state index contributed by atoms with van der Waals surface area (Å²) in [5.41, 5.74) is 1.01. The Bertz CT molecular complexity index is 443. The maximum Gasteiger partial charge on any atom is 0.225 e. The third-order valence-electron chi connectivity index (χ3n) is 2.07. The van der Waals surface area contributed by atoms with Crippen molar-refractivity contribution in [2.75, 3.05) is 11.9 Å². The van der Waals surface area contributed by atoms with Gasteiger partial charge >= 0.3 is 0 Å². The highest BCUT2D eigenvalue weighted by Crippen LogP contribution is 2.09. The van der Waals surface area contributed by atoms with E-state index in [-0.39, 0.29) is 0 Å². The molecule has 4 nitrogen and oxygen atoms in total. The summed E-state index contributed by atoms with van der Waals surface area (Å²) >= 11 is 2.19. The molecule has 0 radical (unpaired) electrons. The fourth-order valence-corrected chi connectivity index (χ4v) is 1.59. The zero-order chi connectivity index (χ0) is 11.4. The highest BCUT2D eigenvalue weighted by Gasteiger charge is 2.04. The first-order valence-corrected chi connectivity index (χ1v) is 5.92. The highest BCUT2D eigenvalue weighted by atomic mass is 127. The van der Waals surface area contributed by atoms with Crippen LogP contribution >= 0.6 is 22.6 Å². The van der Waals surface area contributed by atoms with Gasteiger partial charge in [-0.05, 0) is 34.7 Å². The first-order valence-electron chi connectivity index (χ1n) is 4.84. The number of hydrogen-bond acceptors (Lipinski definition) is 4. The fourth-order valence-electron chi connectivity index (χ4n) is 1.31. The normalized spacial score (nSPS) is 10.1. The molecule has 0 saturated carbocycles. The molecule has 0 aliphatic heterocycles. The second-order valence-corrected chi connectivity index (χ2v) is 4.62. The van der Waals surface area contributed by atoms with E-state index >= 15 is 0 Å². The van der Waals surface area contributed by atoms with Crippen molar-refractivity contribution in [1.29, 1.82) is 0 Å². The van der Waals surface area contributed by atoms with E-state index in [0.717, 1.165) is 9.26 Å². The lowest BCUT2D eigenvalue weighted by atomic mass is 10.3. The molecule has 2 aromatic heterocycles. The summed E-state index contributed by atoms with van der Waals surface area (Å²) in [6.07, 6.45) is 5.40. The van der Waals surface area contributed by atoms with Crippen LogP contribution in [-0.4, -0.2) is 22.0 Å². The molecule has 0 atom stereocenters. The molecule has 2 aromatic rings. The number of nitrogens with zero attached hydrogens (tertiary/aromatic N) is 4. The van der Waals surface area contributed by atoms with Gasteiger partial charge in [0.15, 0.2) is 0 Å². The van der Waals surface area contributed by atoms with Gasteiger partial charge in [0, 0.05) is 29.2 Å². The third kappa shape index (κ3) is 2.88. The lowest BCUT2D eigenvalue weighted by Gasteiger charge is -2.15. The van der Waals surface area contributed by atoms with E-state index in [1.54, 1.807) is 18.6 Å². The van der Waals surface area contributed by atoms with Gasteiger partial charge in [-0.25, -0.2) is 9.97 Å². The molecule has 0 aromatic carbocycles. The van der Waals surface area contributed by atoms with Gasteiger partial charge in [0.05, 0.1) is 12.2 Å². The number of pyridine rings is 1. The molecule has 2 rings (SSSR count). The molecule has 0 bridgehead atoms. The molecule has 0 fully saturated rings. The first-order chi connectivity index (χ1) is 7.75. The summed E-state index contributed by atoms with van der Waals surface area (Å²) in [5.74, 6) is 0.714. The second kappa shape index (κ2) is 5.20. The Hall–Kier alpha value is -1.24. The van der Waals surface area contributed by atoms with Crippen molar-refractivity contribution in [1.82, 2.24) is 15.0 Å². The van der Waals surface area contributed by atoms with Gasteiger partial charge < -0.3 is 4.90 Å². The molecule has 0 aliphatic carbocycles. The number of aromatic nitrogens is 3. The molecule has 0 N–H and O–H groups in total. The maximum atomic E-state index is 4.26. The molecule has 2 heterocycles. The highest BCUT2D eigenvalue weighted by molar-refractivity contribution is 14.1. The molecular formula is C11H11IN4. The lowest BCUT2D eigenvalue weighted by molar-refractivity contribution is 0.839. The summed E-state index contributed by atoms with van der Waals surface area (Å²) in [4.78, 5) is 14.7. The summed E-state index contributed by atoms with van der Waals surface area (Å²) in [7, 11) is 1.96.